The lowest BCUT2D eigenvalue weighted by molar-refractivity contribution is -0.145. The van der Waals surface area contributed by atoms with E-state index in [1.165, 1.54) is 89.3 Å². The Kier molecular flexibility index (Phi) is 9.85. The van der Waals surface area contributed by atoms with E-state index < -0.39 is 0 Å². The summed E-state index contributed by atoms with van der Waals surface area (Å²) in [5.74, 6) is 1.88. The number of halogens is 1. The molecule has 0 bridgehead atoms. The first-order valence-electron chi connectivity index (χ1n) is 14.3. The zero-order chi connectivity index (χ0) is 23.8. The first-order chi connectivity index (χ1) is 16.6. The van der Waals surface area contributed by atoms with Crippen molar-refractivity contribution < 1.29 is 13.9 Å². The fraction of sp³-hybridized carbons (Fsp3) is 0.767. The predicted molar refractivity (Wildman–Crippen MR) is 136 cm³/mol. The molecule has 190 valence electrons. The summed E-state index contributed by atoms with van der Waals surface area (Å²) in [4.78, 5) is 15.4. The van der Waals surface area contributed by atoms with Crippen LogP contribution in [0.4, 0.5) is 4.39 Å². The minimum atomic E-state index is -0.181. The van der Waals surface area contributed by atoms with Crippen molar-refractivity contribution in [3.8, 4) is 0 Å². The van der Waals surface area contributed by atoms with Crippen LogP contribution in [0.15, 0.2) is 24.3 Å². The van der Waals surface area contributed by atoms with E-state index in [4.69, 9.17) is 4.74 Å². The molecule has 0 radical (unpaired) electrons. The minimum absolute atomic E-state index is 0.0774. The molecule has 3 aliphatic rings. The van der Waals surface area contributed by atoms with E-state index in [1.54, 1.807) is 12.1 Å². The molecular weight excluding hydrogens is 425 g/mol. The lowest BCUT2D eigenvalue weighted by Crippen LogP contribution is -2.49. The highest BCUT2D eigenvalue weighted by Crippen LogP contribution is 2.44. The Morgan fingerprint density at radius 2 is 1.44 bits per heavy atom. The number of nitrogens with zero attached hydrogens (tertiary/aromatic N) is 1. The molecule has 3 atom stereocenters. The Morgan fingerprint density at radius 1 is 0.853 bits per heavy atom. The van der Waals surface area contributed by atoms with E-state index in [0.717, 1.165) is 24.7 Å². The van der Waals surface area contributed by atoms with E-state index in [9.17, 15) is 9.18 Å². The van der Waals surface area contributed by atoms with E-state index in [2.05, 4.69) is 4.90 Å². The fourth-order valence-corrected chi connectivity index (χ4v) is 7.26. The van der Waals surface area contributed by atoms with Crippen molar-refractivity contribution in [3.63, 3.8) is 0 Å². The van der Waals surface area contributed by atoms with Gasteiger partial charge >= 0.3 is 5.97 Å². The molecule has 0 aliphatic heterocycles. The van der Waals surface area contributed by atoms with Crippen molar-refractivity contribution in [1.29, 1.82) is 0 Å². The number of benzene rings is 1. The minimum Gasteiger partial charge on any atom is -0.466 e. The van der Waals surface area contributed by atoms with Crippen molar-refractivity contribution in [2.24, 2.45) is 17.8 Å². The highest BCUT2D eigenvalue weighted by Gasteiger charge is 2.40. The van der Waals surface area contributed by atoms with Gasteiger partial charge in [0.25, 0.3) is 0 Å². The Morgan fingerprint density at radius 3 is 2.00 bits per heavy atom. The smallest absolute Gasteiger partial charge is 0.306 e. The van der Waals surface area contributed by atoms with E-state index in [-0.39, 0.29) is 23.6 Å². The quantitative estimate of drug-likeness (QED) is 0.349. The Balaban J connectivity index is 1.60. The van der Waals surface area contributed by atoms with Gasteiger partial charge in [-0.2, -0.15) is 0 Å². The molecule has 3 saturated carbocycles. The van der Waals surface area contributed by atoms with Gasteiger partial charge in [0, 0.05) is 31.5 Å². The van der Waals surface area contributed by atoms with Crippen LogP contribution < -0.4 is 0 Å². The van der Waals surface area contributed by atoms with Crippen molar-refractivity contribution in [2.75, 3.05) is 19.7 Å². The lowest BCUT2D eigenvalue weighted by Gasteiger charge is -2.47. The summed E-state index contributed by atoms with van der Waals surface area (Å²) in [5.41, 5.74) is 1.21. The Labute approximate surface area is 206 Å². The number of rotatable bonds is 9. The number of carbonyl (C=O) groups excluding carboxylic acids is 1. The van der Waals surface area contributed by atoms with Gasteiger partial charge < -0.3 is 4.74 Å². The maximum absolute atomic E-state index is 13.9. The average molecular weight is 472 g/mol. The first-order valence-corrected chi connectivity index (χ1v) is 14.3. The summed E-state index contributed by atoms with van der Waals surface area (Å²) in [6, 6.07) is 7.61. The zero-order valence-corrected chi connectivity index (χ0v) is 21.4. The summed E-state index contributed by atoms with van der Waals surface area (Å²) in [6.07, 6.45) is 17.6. The normalized spacial score (nSPS) is 27.1. The molecule has 0 spiro atoms. The van der Waals surface area contributed by atoms with Crippen molar-refractivity contribution in [1.82, 2.24) is 4.90 Å². The summed E-state index contributed by atoms with van der Waals surface area (Å²) < 4.78 is 19.2. The summed E-state index contributed by atoms with van der Waals surface area (Å²) in [6.45, 7) is 4.72. The molecule has 34 heavy (non-hydrogen) atoms. The highest BCUT2D eigenvalue weighted by molar-refractivity contribution is 5.69. The van der Waals surface area contributed by atoms with Gasteiger partial charge in [-0.3, -0.25) is 9.69 Å². The van der Waals surface area contributed by atoms with Crippen LogP contribution in [0, 0.1) is 23.6 Å². The number of ether oxygens (including phenoxy) is 1. The van der Waals surface area contributed by atoms with Gasteiger partial charge in [-0.05, 0) is 80.9 Å². The number of carbonyl (C=O) groups is 1. The second-order valence-corrected chi connectivity index (χ2v) is 11.3. The maximum Gasteiger partial charge on any atom is 0.306 e. The first kappa shape index (κ1) is 25.7. The maximum atomic E-state index is 13.9. The van der Waals surface area contributed by atoms with E-state index >= 15 is 0 Å². The van der Waals surface area contributed by atoms with Gasteiger partial charge in [0.05, 0.1) is 6.61 Å². The van der Waals surface area contributed by atoms with Gasteiger partial charge in [0.15, 0.2) is 0 Å². The van der Waals surface area contributed by atoms with E-state index in [0.29, 0.717) is 19.1 Å². The van der Waals surface area contributed by atoms with Gasteiger partial charge in [0.1, 0.15) is 5.82 Å². The monoisotopic (exact) mass is 471 g/mol. The van der Waals surface area contributed by atoms with E-state index in [1.807, 2.05) is 19.1 Å². The largest absolute Gasteiger partial charge is 0.466 e. The van der Waals surface area contributed by atoms with Crippen LogP contribution in [-0.2, 0) is 9.53 Å². The van der Waals surface area contributed by atoms with Gasteiger partial charge in [-0.15, -0.1) is 0 Å². The number of hydrogen-bond donors (Lipinski definition) is 0. The topological polar surface area (TPSA) is 29.5 Å². The average Bonchev–Trinajstić information content (AvgIpc) is 2.86. The Bertz CT molecular complexity index is 719. The van der Waals surface area contributed by atoms with Crippen LogP contribution in [0.3, 0.4) is 0 Å². The van der Waals surface area contributed by atoms with Crippen molar-refractivity contribution in [3.05, 3.63) is 35.6 Å². The van der Waals surface area contributed by atoms with Crippen LogP contribution in [0.1, 0.15) is 108 Å². The lowest BCUT2D eigenvalue weighted by atomic mass is 9.70. The zero-order valence-electron chi connectivity index (χ0n) is 21.4. The third-order valence-electron chi connectivity index (χ3n) is 8.89. The summed E-state index contributed by atoms with van der Waals surface area (Å²) in [7, 11) is 0. The predicted octanol–water partition coefficient (Wildman–Crippen LogP) is 7.49. The second kappa shape index (κ2) is 13.0. The fourth-order valence-electron chi connectivity index (χ4n) is 7.26. The molecular formula is C30H46FNO2. The Hall–Kier alpha value is -1.42. The molecule has 1 aromatic rings. The van der Waals surface area contributed by atoms with Crippen LogP contribution in [0.25, 0.3) is 0 Å². The summed E-state index contributed by atoms with van der Waals surface area (Å²) in [5, 5.41) is 0. The van der Waals surface area contributed by atoms with Gasteiger partial charge in [-0.1, -0.05) is 57.1 Å². The van der Waals surface area contributed by atoms with Crippen LogP contribution in [0.5, 0.6) is 0 Å². The van der Waals surface area contributed by atoms with Crippen molar-refractivity contribution >= 4 is 5.97 Å². The van der Waals surface area contributed by atoms with Crippen LogP contribution in [0.2, 0.25) is 0 Å². The molecule has 0 aromatic heterocycles. The summed E-state index contributed by atoms with van der Waals surface area (Å²) >= 11 is 0. The molecule has 3 nitrogen and oxygen atoms in total. The van der Waals surface area contributed by atoms with Crippen molar-refractivity contribution in [2.45, 2.75) is 109 Å². The molecule has 1 aromatic carbocycles. The molecule has 0 heterocycles. The second-order valence-electron chi connectivity index (χ2n) is 11.3. The molecule has 4 heteroatoms. The third kappa shape index (κ3) is 7.06. The SMILES string of the molecule is CCOC(=O)CC1CCCC(N(CC2CCCCC2)CC2CCCCC2)C1c1ccc(F)cc1. The third-order valence-corrected chi connectivity index (χ3v) is 8.89. The number of esters is 1. The molecule has 0 amide bonds. The molecule has 0 N–H and O–H groups in total. The number of hydrogen-bond acceptors (Lipinski definition) is 3. The van der Waals surface area contributed by atoms with Crippen LogP contribution in [-0.4, -0.2) is 36.6 Å². The molecule has 4 rings (SSSR count). The molecule has 3 aliphatic carbocycles. The molecule has 3 fully saturated rings. The molecule has 0 saturated heterocycles. The molecule has 3 unspecified atom stereocenters. The standard InChI is InChI=1S/C30H46FNO2/c1-2-34-29(33)20-26-14-9-15-28(30(26)25-16-18-27(31)19-17-25)32(21-23-10-5-3-6-11-23)22-24-12-7-4-8-13-24/h16-19,23-24,26,28,30H,2-15,20-22H2,1H3. The van der Waals surface area contributed by atoms with Gasteiger partial charge in [0.2, 0.25) is 0 Å². The van der Waals surface area contributed by atoms with Crippen LogP contribution >= 0.6 is 0 Å². The van der Waals surface area contributed by atoms with Gasteiger partial charge in [-0.25, -0.2) is 4.39 Å². The highest BCUT2D eigenvalue weighted by atomic mass is 19.1.